The maximum atomic E-state index is 13.3. The van der Waals surface area contributed by atoms with Gasteiger partial charge in [0.1, 0.15) is 5.82 Å². The van der Waals surface area contributed by atoms with Crippen LogP contribution in [-0.2, 0) is 4.79 Å². The molecule has 0 spiro atoms. The molecule has 0 saturated heterocycles. The van der Waals surface area contributed by atoms with Crippen molar-refractivity contribution in [2.45, 2.75) is 32.7 Å². The summed E-state index contributed by atoms with van der Waals surface area (Å²) in [6.07, 6.45) is 0. The predicted molar refractivity (Wildman–Crippen MR) is 79.6 cm³/mol. The average molecular weight is 320 g/mol. The Hall–Kier alpha value is -2.70. The van der Waals surface area contributed by atoms with Gasteiger partial charge in [0.05, 0.1) is 5.69 Å². The van der Waals surface area contributed by atoms with Gasteiger partial charge in [-0.3, -0.25) is 4.79 Å². The first-order chi connectivity index (χ1) is 10.8. The number of carbonyl (C=O) groups excluding carboxylic acids is 1. The lowest BCUT2D eigenvalue weighted by atomic mass is 10.0. The maximum absolute atomic E-state index is 13.3. The van der Waals surface area contributed by atoms with Crippen LogP contribution in [0.4, 0.5) is 4.39 Å². The highest BCUT2D eigenvalue weighted by molar-refractivity contribution is 5.94. The van der Waals surface area contributed by atoms with E-state index in [-0.39, 0.29) is 17.2 Å². The van der Waals surface area contributed by atoms with Gasteiger partial charge in [0.15, 0.2) is 6.04 Å². The molecule has 1 atom stereocenters. The number of hydrogen-bond donors (Lipinski definition) is 2. The summed E-state index contributed by atoms with van der Waals surface area (Å²) >= 11 is 0. The number of benzene rings is 1. The molecule has 0 aliphatic rings. The van der Waals surface area contributed by atoms with Crippen molar-refractivity contribution in [1.82, 2.24) is 10.5 Å². The third kappa shape index (κ3) is 3.74. The van der Waals surface area contributed by atoms with E-state index in [0.717, 1.165) is 6.07 Å². The molecule has 1 aromatic heterocycles. The molecule has 0 aliphatic heterocycles. The summed E-state index contributed by atoms with van der Waals surface area (Å²) in [7, 11) is 0. The molecule has 1 heterocycles. The number of aromatic nitrogens is 1. The molecule has 2 N–H and O–H groups in total. The summed E-state index contributed by atoms with van der Waals surface area (Å²) in [4.78, 5) is 23.6. The zero-order chi connectivity index (χ0) is 17.1. The van der Waals surface area contributed by atoms with Gasteiger partial charge in [-0.25, -0.2) is 9.18 Å². The zero-order valence-corrected chi connectivity index (χ0v) is 13.0. The normalized spacial score (nSPS) is 12.2. The van der Waals surface area contributed by atoms with E-state index >= 15 is 0 Å². The molecule has 0 aliphatic carbocycles. The lowest BCUT2D eigenvalue weighted by molar-refractivity contribution is -0.139. The molecular formula is C16H17FN2O4. The molecule has 2 rings (SSSR count). The van der Waals surface area contributed by atoms with Crippen LogP contribution in [0.25, 0.3) is 0 Å². The SMILES string of the molecule is Cc1cc(C(NC(=O)c2cc(C(C)C)no2)C(=O)O)ccc1F. The van der Waals surface area contributed by atoms with Crippen molar-refractivity contribution < 1.29 is 23.6 Å². The highest BCUT2D eigenvalue weighted by Crippen LogP contribution is 2.19. The fraction of sp³-hybridized carbons (Fsp3) is 0.312. The van der Waals surface area contributed by atoms with Gasteiger partial charge in [0.2, 0.25) is 5.76 Å². The molecule has 1 unspecified atom stereocenters. The fourth-order valence-corrected chi connectivity index (χ4v) is 2.01. The number of carboxylic acid groups (broad SMARTS) is 1. The Balaban J connectivity index is 2.23. The van der Waals surface area contributed by atoms with E-state index in [0.29, 0.717) is 11.3 Å². The Labute approximate surface area is 132 Å². The van der Waals surface area contributed by atoms with Crippen LogP contribution in [0.1, 0.15) is 53.2 Å². The topological polar surface area (TPSA) is 92.4 Å². The second-order valence-corrected chi connectivity index (χ2v) is 5.52. The molecule has 23 heavy (non-hydrogen) atoms. The van der Waals surface area contributed by atoms with Gasteiger partial charge in [-0.2, -0.15) is 0 Å². The summed E-state index contributed by atoms with van der Waals surface area (Å²) < 4.78 is 18.2. The van der Waals surface area contributed by atoms with E-state index in [2.05, 4.69) is 10.5 Å². The van der Waals surface area contributed by atoms with Crippen molar-refractivity contribution in [3.8, 4) is 0 Å². The lowest BCUT2D eigenvalue weighted by Crippen LogP contribution is -2.33. The van der Waals surface area contributed by atoms with E-state index < -0.39 is 23.7 Å². The number of nitrogens with one attached hydrogen (secondary N) is 1. The van der Waals surface area contributed by atoms with Gasteiger partial charge < -0.3 is 14.9 Å². The molecule has 6 nitrogen and oxygen atoms in total. The van der Waals surface area contributed by atoms with E-state index in [4.69, 9.17) is 4.52 Å². The number of aliphatic carboxylic acids is 1. The number of halogens is 1. The fourth-order valence-electron chi connectivity index (χ4n) is 2.01. The molecular weight excluding hydrogens is 303 g/mol. The van der Waals surface area contributed by atoms with Crippen molar-refractivity contribution >= 4 is 11.9 Å². The summed E-state index contributed by atoms with van der Waals surface area (Å²) in [5, 5.41) is 15.4. The van der Waals surface area contributed by atoms with Crippen molar-refractivity contribution in [2.24, 2.45) is 0 Å². The van der Waals surface area contributed by atoms with Gasteiger partial charge in [-0.1, -0.05) is 31.1 Å². The monoisotopic (exact) mass is 320 g/mol. The standard InChI is InChI=1S/C16H17FN2O4/c1-8(2)12-7-13(23-19-12)15(20)18-14(16(21)22)10-4-5-11(17)9(3)6-10/h4-8,14H,1-3H3,(H,18,20)(H,21,22). The van der Waals surface area contributed by atoms with Crippen molar-refractivity contribution in [3.05, 3.63) is 52.7 Å². The highest BCUT2D eigenvalue weighted by Gasteiger charge is 2.25. The number of nitrogens with zero attached hydrogens (tertiary/aromatic N) is 1. The van der Waals surface area contributed by atoms with E-state index in [1.807, 2.05) is 13.8 Å². The van der Waals surface area contributed by atoms with Crippen molar-refractivity contribution in [1.29, 1.82) is 0 Å². The van der Waals surface area contributed by atoms with E-state index in [1.165, 1.54) is 25.1 Å². The van der Waals surface area contributed by atoms with Crippen LogP contribution in [0, 0.1) is 12.7 Å². The largest absolute Gasteiger partial charge is 0.479 e. The van der Waals surface area contributed by atoms with Gasteiger partial charge >= 0.3 is 5.97 Å². The van der Waals surface area contributed by atoms with Gasteiger partial charge in [0, 0.05) is 6.07 Å². The summed E-state index contributed by atoms with van der Waals surface area (Å²) in [5.41, 5.74) is 1.16. The van der Waals surface area contributed by atoms with Crippen molar-refractivity contribution in [2.75, 3.05) is 0 Å². The molecule has 1 amide bonds. The molecule has 2 aromatic rings. The predicted octanol–water partition coefficient (Wildman–Crippen LogP) is 2.80. The number of amides is 1. The summed E-state index contributed by atoms with van der Waals surface area (Å²) in [6, 6.07) is 4.03. The van der Waals surface area contributed by atoms with E-state index in [9.17, 15) is 19.1 Å². The Kier molecular flexibility index (Phi) is 4.78. The maximum Gasteiger partial charge on any atom is 0.330 e. The van der Waals surface area contributed by atoms with Crippen molar-refractivity contribution in [3.63, 3.8) is 0 Å². The minimum Gasteiger partial charge on any atom is -0.479 e. The number of carbonyl (C=O) groups is 2. The Bertz CT molecular complexity index is 739. The minimum atomic E-state index is -1.31. The molecule has 0 bridgehead atoms. The molecule has 122 valence electrons. The zero-order valence-electron chi connectivity index (χ0n) is 13.0. The number of hydrogen-bond acceptors (Lipinski definition) is 4. The van der Waals surface area contributed by atoms with Crippen LogP contribution < -0.4 is 5.32 Å². The minimum absolute atomic E-state index is 0.0706. The third-order valence-corrected chi connectivity index (χ3v) is 3.38. The Morgan fingerprint density at radius 2 is 2.00 bits per heavy atom. The molecule has 0 saturated carbocycles. The molecule has 0 fully saturated rings. The Morgan fingerprint density at radius 3 is 2.52 bits per heavy atom. The highest BCUT2D eigenvalue weighted by atomic mass is 19.1. The number of aryl methyl sites for hydroxylation is 1. The first-order valence-electron chi connectivity index (χ1n) is 7.06. The molecule has 0 radical (unpaired) electrons. The Morgan fingerprint density at radius 1 is 1.30 bits per heavy atom. The van der Waals surface area contributed by atoms with E-state index in [1.54, 1.807) is 0 Å². The second kappa shape index (κ2) is 6.60. The van der Waals surface area contributed by atoms with Crippen LogP contribution in [0.15, 0.2) is 28.8 Å². The van der Waals surface area contributed by atoms with Gasteiger partial charge in [-0.05, 0) is 30.0 Å². The van der Waals surface area contributed by atoms with Crippen LogP contribution in [0.3, 0.4) is 0 Å². The number of rotatable bonds is 5. The first-order valence-corrected chi connectivity index (χ1v) is 7.06. The lowest BCUT2D eigenvalue weighted by Gasteiger charge is -2.14. The quantitative estimate of drug-likeness (QED) is 0.883. The van der Waals surface area contributed by atoms with Crippen LogP contribution in [-0.4, -0.2) is 22.1 Å². The van der Waals surface area contributed by atoms with Gasteiger partial charge in [-0.15, -0.1) is 0 Å². The summed E-state index contributed by atoms with van der Waals surface area (Å²) in [5.74, 6) is -2.39. The van der Waals surface area contributed by atoms with Gasteiger partial charge in [0.25, 0.3) is 5.91 Å². The second-order valence-electron chi connectivity index (χ2n) is 5.52. The molecule has 7 heteroatoms. The summed E-state index contributed by atoms with van der Waals surface area (Å²) in [6.45, 7) is 5.30. The first kappa shape index (κ1) is 16.7. The number of carboxylic acids is 1. The third-order valence-electron chi connectivity index (χ3n) is 3.38. The van der Waals surface area contributed by atoms with Crippen LogP contribution in [0.2, 0.25) is 0 Å². The van der Waals surface area contributed by atoms with Crippen LogP contribution >= 0.6 is 0 Å². The smallest absolute Gasteiger partial charge is 0.330 e. The average Bonchev–Trinajstić information content (AvgIpc) is 2.97. The van der Waals surface area contributed by atoms with Crippen LogP contribution in [0.5, 0.6) is 0 Å². The molecule has 1 aromatic carbocycles.